The minimum atomic E-state index is 0. The first-order valence-electron chi connectivity index (χ1n) is 10.7. The highest BCUT2D eigenvalue weighted by molar-refractivity contribution is 14.0. The molecule has 0 bridgehead atoms. The zero-order valence-electron chi connectivity index (χ0n) is 18.7. The van der Waals surface area contributed by atoms with Crippen molar-refractivity contribution in [2.75, 3.05) is 33.2 Å². The molecule has 1 saturated heterocycles. The second-order valence-electron chi connectivity index (χ2n) is 8.08. The van der Waals surface area contributed by atoms with Gasteiger partial charge in [0.15, 0.2) is 5.96 Å². The van der Waals surface area contributed by atoms with Crippen LogP contribution in [0.3, 0.4) is 0 Å². The molecule has 1 aromatic heterocycles. The van der Waals surface area contributed by atoms with E-state index in [1.165, 1.54) is 46.9 Å². The van der Waals surface area contributed by atoms with E-state index in [2.05, 4.69) is 70.5 Å². The SMILES string of the molecule is CN=C(NCCc1nc(C)c(C)s1)NCC1CCN(Cc2ccc(C)cc2)CC1.I. The van der Waals surface area contributed by atoms with Crippen molar-refractivity contribution in [2.24, 2.45) is 10.9 Å². The Morgan fingerprint density at radius 1 is 1.13 bits per heavy atom. The summed E-state index contributed by atoms with van der Waals surface area (Å²) in [5.41, 5.74) is 3.90. The van der Waals surface area contributed by atoms with Crippen LogP contribution in [0.5, 0.6) is 0 Å². The second-order valence-corrected chi connectivity index (χ2v) is 9.37. The van der Waals surface area contributed by atoms with Gasteiger partial charge in [0.1, 0.15) is 0 Å². The summed E-state index contributed by atoms with van der Waals surface area (Å²) in [6.45, 7) is 11.6. The van der Waals surface area contributed by atoms with E-state index in [-0.39, 0.29) is 24.0 Å². The summed E-state index contributed by atoms with van der Waals surface area (Å²) >= 11 is 1.79. The molecule has 0 atom stereocenters. The Morgan fingerprint density at radius 3 is 2.43 bits per heavy atom. The van der Waals surface area contributed by atoms with Crippen molar-refractivity contribution in [1.82, 2.24) is 20.5 Å². The molecule has 1 fully saturated rings. The van der Waals surface area contributed by atoms with Crippen LogP contribution in [-0.2, 0) is 13.0 Å². The summed E-state index contributed by atoms with van der Waals surface area (Å²) in [5, 5.41) is 8.14. The number of piperidine rings is 1. The number of benzene rings is 1. The van der Waals surface area contributed by atoms with E-state index in [9.17, 15) is 0 Å². The van der Waals surface area contributed by atoms with Crippen LogP contribution in [0.4, 0.5) is 0 Å². The van der Waals surface area contributed by atoms with Crippen LogP contribution in [0.15, 0.2) is 29.3 Å². The zero-order chi connectivity index (χ0) is 20.6. The molecule has 0 amide bonds. The fourth-order valence-electron chi connectivity index (χ4n) is 3.70. The van der Waals surface area contributed by atoms with E-state index in [1.54, 1.807) is 11.3 Å². The van der Waals surface area contributed by atoms with E-state index in [4.69, 9.17) is 0 Å². The molecule has 0 aliphatic carbocycles. The quantitative estimate of drug-likeness (QED) is 0.312. The Kier molecular flexibility index (Phi) is 10.5. The van der Waals surface area contributed by atoms with Gasteiger partial charge in [0.05, 0.1) is 10.7 Å². The summed E-state index contributed by atoms with van der Waals surface area (Å²) < 4.78 is 0. The van der Waals surface area contributed by atoms with Crippen molar-refractivity contribution < 1.29 is 0 Å². The molecule has 0 unspecified atom stereocenters. The Bertz CT molecular complexity index is 775. The summed E-state index contributed by atoms with van der Waals surface area (Å²) in [6, 6.07) is 8.93. The monoisotopic (exact) mass is 541 g/mol. The minimum Gasteiger partial charge on any atom is -0.356 e. The number of halogens is 1. The maximum atomic E-state index is 4.61. The number of aromatic nitrogens is 1. The number of thiazole rings is 1. The Morgan fingerprint density at radius 2 is 1.83 bits per heavy atom. The molecule has 2 aromatic rings. The normalized spacial score (nSPS) is 15.7. The van der Waals surface area contributed by atoms with Crippen LogP contribution in [-0.4, -0.2) is 49.1 Å². The van der Waals surface area contributed by atoms with Gasteiger partial charge in [0, 0.05) is 38.0 Å². The molecular weight excluding hydrogens is 505 g/mol. The molecule has 2 heterocycles. The van der Waals surface area contributed by atoms with Crippen LogP contribution >= 0.6 is 35.3 Å². The Hall–Kier alpha value is -1.19. The number of hydrogen-bond donors (Lipinski definition) is 2. The number of hydrogen-bond acceptors (Lipinski definition) is 4. The van der Waals surface area contributed by atoms with Crippen LogP contribution in [0.25, 0.3) is 0 Å². The van der Waals surface area contributed by atoms with E-state index in [0.29, 0.717) is 5.92 Å². The molecule has 3 rings (SSSR count). The van der Waals surface area contributed by atoms with Gasteiger partial charge >= 0.3 is 0 Å². The van der Waals surface area contributed by atoms with E-state index in [0.717, 1.165) is 37.7 Å². The molecule has 5 nitrogen and oxygen atoms in total. The second kappa shape index (κ2) is 12.6. The topological polar surface area (TPSA) is 52.6 Å². The fourth-order valence-corrected chi connectivity index (χ4v) is 4.63. The standard InChI is InChI=1S/C23H35N5S.HI/c1-17-5-7-21(8-6-17)16-28-13-10-20(11-14-28)15-26-23(24-4)25-12-9-22-27-18(2)19(3)29-22;/h5-8,20H,9-16H2,1-4H3,(H2,24,25,26);1H. The molecule has 0 spiro atoms. The van der Waals surface area contributed by atoms with Gasteiger partial charge in [-0.05, 0) is 58.2 Å². The van der Waals surface area contributed by atoms with Gasteiger partial charge in [-0.3, -0.25) is 9.89 Å². The predicted octanol–water partition coefficient (Wildman–Crippen LogP) is 4.31. The molecule has 30 heavy (non-hydrogen) atoms. The number of aliphatic imine (C=N–C) groups is 1. The highest BCUT2D eigenvalue weighted by Gasteiger charge is 2.19. The van der Waals surface area contributed by atoms with Crippen LogP contribution in [0.1, 0.15) is 39.5 Å². The highest BCUT2D eigenvalue weighted by Crippen LogP contribution is 2.19. The minimum absolute atomic E-state index is 0. The van der Waals surface area contributed by atoms with Gasteiger partial charge in [-0.25, -0.2) is 4.98 Å². The van der Waals surface area contributed by atoms with Gasteiger partial charge < -0.3 is 10.6 Å². The van der Waals surface area contributed by atoms with E-state index in [1.807, 2.05) is 7.05 Å². The Labute approximate surface area is 202 Å². The lowest BCUT2D eigenvalue weighted by Gasteiger charge is -2.32. The van der Waals surface area contributed by atoms with Crippen LogP contribution < -0.4 is 10.6 Å². The Balaban J connectivity index is 0.00000320. The first kappa shape index (κ1) is 25.1. The van der Waals surface area contributed by atoms with Gasteiger partial charge in [0.2, 0.25) is 0 Å². The largest absolute Gasteiger partial charge is 0.356 e. The zero-order valence-corrected chi connectivity index (χ0v) is 21.8. The number of nitrogens with zero attached hydrogens (tertiary/aromatic N) is 3. The summed E-state index contributed by atoms with van der Waals surface area (Å²) in [5.74, 6) is 1.61. The highest BCUT2D eigenvalue weighted by atomic mass is 127. The van der Waals surface area contributed by atoms with Gasteiger partial charge in [-0.15, -0.1) is 35.3 Å². The fraction of sp³-hybridized carbons (Fsp3) is 0.565. The first-order chi connectivity index (χ1) is 14.0. The van der Waals surface area contributed by atoms with Crippen molar-refractivity contribution >= 4 is 41.3 Å². The molecular formula is C23H36IN5S. The van der Waals surface area contributed by atoms with Crippen molar-refractivity contribution in [2.45, 2.75) is 46.6 Å². The van der Waals surface area contributed by atoms with E-state index >= 15 is 0 Å². The maximum Gasteiger partial charge on any atom is 0.190 e. The number of guanidine groups is 1. The smallest absolute Gasteiger partial charge is 0.190 e. The van der Waals surface area contributed by atoms with Crippen molar-refractivity contribution in [1.29, 1.82) is 0 Å². The van der Waals surface area contributed by atoms with Crippen molar-refractivity contribution in [3.05, 3.63) is 51.0 Å². The summed E-state index contributed by atoms with van der Waals surface area (Å²) in [6.07, 6.45) is 3.43. The molecule has 0 radical (unpaired) electrons. The van der Waals surface area contributed by atoms with Crippen molar-refractivity contribution in [3.8, 4) is 0 Å². The molecule has 1 aliphatic heterocycles. The molecule has 2 N–H and O–H groups in total. The lowest BCUT2D eigenvalue weighted by Crippen LogP contribution is -2.43. The van der Waals surface area contributed by atoms with Gasteiger partial charge in [-0.1, -0.05) is 29.8 Å². The lowest BCUT2D eigenvalue weighted by atomic mass is 9.96. The van der Waals surface area contributed by atoms with E-state index < -0.39 is 0 Å². The average molecular weight is 542 g/mol. The predicted molar refractivity (Wildman–Crippen MR) is 139 cm³/mol. The third-order valence-corrected chi connectivity index (χ3v) is 6.85. The molecule has 166 valence electrons. The lowest BCUT2D eigenvalue weighted by molar-refractivity contribution is 0.178. The third-order valence-electron chi connectivity index (χ3n) is 5.72. The van der Waals surface area contributed by atoms with Crippen molar-refractivity contribution in [3.63, 3.8) is 0 Å². The maximum absolute atomic E-state index is 4.61. The molecule has 1 aromatic carbocycles. The number of nitrogens with one attached hydrogen (secondary N) is 2. The van der Waals surface area contributed by atoms with Crippen LogP contribution in [0, 0.1) is 26.7 Å². The molecule has 1 aliphatic rings. The third kappa shape index (κ3) is 7.81. The van der Waals surface area contributed by atoms with Gasteiger partial charge in [-0.2, -0.15) is 0 Å². The average Bonchev–Trinajstić information content (AvgIpc) is 3.04. The summed E-state index contributed by atoms with van der Waals surface area (Å²) in [7, 11) is 1.84. The molecule has 0 saturated carbocycles. The first-order valence-corrected chi connectivity index (χ1v) is 11.5. The summed E-state index contributed by atoms with van der Waals surface area (Å²) in [4.78, 5) is 12.9. The number of aryl methyl sites for hydroxylation is 3. The van der Waals surface area contributed by atoms with Gasteiger partial charge in [0.25, 0.3) is 0 Å². The molecule has 7 heteroatoms. The number of likely N-dealkylation sites (tertiary alicyclic amines) is 1. The van der Waals surface area contributed by atoms with Crippen LogP contribution in [0.2, 0.25) is 0 Å². The number of rotatable bonds is 7.